The highest BCUT2D eigenvalue weighted by atomic mass is 35.5. The molecule has 7 heteroatoms. The normalized spacial score (nSPS) is 15.5. The van der Waals surface area contributed by atoms with Gasteiger partial charge >= 0.3 is 0 Å². The van der Waals surface area contributed by atoms with Gasteiger partial charge in [0.05, 0.1) is 10.7 Å². The lowest BCUT2D eigenvalue weighted by atomic mass is 10.3. The molecule has 1 aliphatic rings. The number of amidine groups is 1. The predicted octanol–water partition coefficient (Wildman–Crippen LogP) is 2.99. The Kier molecular flexibility index (Phi) is 4.66. The molecule has 1 aromatic rings. The van der Waals surface area contributed by atoms with Crippen LogP contribution in [0, 0.1) is 18.2 Å². The second kappa shape index (κ2) is 6.45. The number of nitrogens with one attached hydrogen (secondary N) is 1. The van der Waals surface area contributed by atoms with E-state index in [2.05, 4.69) is 21.4 Å². The van der Waals surface area contributed by atoms with Gasteiger partial charge in [0.1, 0.15) is 18.2 Å². The average molecular weight is 298 g/mol. The fourth-order valence-electron chi connectivity index (χ4n) is 1.28. The first-order valence-corrected chi connectivity index (χ1v) is 6.61. The van der Waals surface area contributed by atoms with Crippen molar-refractivity contribution in [1.82, 2.24) is 0 Å². The maximum absolute atomic E-state index is 13.7. The van der Waals surface area contributed by atoms with E-state index in [1.807, 2.05) is 0 Å². The third-order valence-electron chi connectivity index (χ3n) is 2.09. The van der Waals surface area contributed by atoms with Crippen LogP contribution in [0.25, 0.3) is 0 Å². The molecule has 0 bridgehead atoms. The van der Waals surface area contributed by atoms with Crippen LogP contribution in [-0.2, 0) is 0 Å². The minimum absolute atomic E-state index is 0.0550. The molecular formula is C12H9ClFN3OS. The van der Waals surface area contributed by atoms with Crippen LogP contribution in [0.1, 0.15) is 0 Å². The summed E-state index contributed by atoms with van der Waals surface area (Å²) in [6.45, 7) is 0.0550. The van der Waals surface area contributed by atoms with E-state index in [9.17, 15) is 4.39 Å². The van der Waals surface area contributed by atoms with Gasteiger partial charge in [0.2, 0.25) is 5.17 Å². The number of hydrogen-bond acceptors (Lipinski definition) is 4. The molecule has 0 unspecified atom stereocenters. The van der Waals surface area contributed by atoms with E-state index in [-0.39, 0.29) is 17.3 Å². The maximum atomic E-state index is 13.7. The van der Waals surface area contributed by atoms with E-state index in [0.717, 1.165) is 11.8 Å². The Labute approximate surface area is 119 Å². The summed E-state index contributed by atoms with van der Waals surface area (Å²) in [4.78, 5) is 3.99. The second-order valence-electron chi connectivity index (χ2n) is 3.38. The van der Waals surface area contributed by atoms with Crippen LogP contribution in [0.15, 0.2) is 22.2 Å². The molecule has 0 aromatic heterocycles. The van der Waals surface area contributed by atoms with Crippen molar-refractivity contribution in [2.45, 2.75) is 0 Å². The Morgan fingerprint density at radius 1 is 1.63 bits per heavy atom. The summed E-state index contributed by atoms with van der Waals surface area (Å²) in [6, 6.07) is 2.55. The van der Waals surface area contributed by atoms with Gasteiger partial charge in [-0.15, -0.1) is 11.5 Å². The number of benzene rings is 1. The zero-order valence-corrected chi connectivity index (χ0v) is 11.3. The lowest BCUT2D eigenvalue weighted by Gasteiger charge is -2.08. The molecule has 2 rings (SSSR count). The van der Waals surface area contributed by atoms with Gasteiger partial charge in [-0.2, -0.15) is 0 Å². The number of anilines is 1. The van der Waals surface area contributed by atoms with E-state index >= 15 is 0 Å². The minimum atomic E-state index is -0.533. The highest BCUT2D eigenvalue weighted by Gasteiger charge is 2.10. The maximum Gasteiger partial charge on any atom is 0.206 e. The first kappa shape index (κ1) is 13.7. The molecule has 0 radical (unpaired) electrons. The SMILES string of the molecule is C#CCOc1cc(NN=C2N=CCS2)c(F)cc1Cl. The molecule has 0 spiro atoms. The van der Waals surface area contributed by atoms with E-state index in [0.29, 0.717) is 10.9 Å². The van der Waals surface area contributed by atoms with Crippen LogP contribution in [0.4, 0.5) is 10.1 Å². The molecular weight excluding hydrogens is 289 g/mol. The summed E-state index contributed by atoms with van der Waals surface area (Å²) in [7, 11) is 0. The smallest absolute Gasteiger partial charge is 0.206 e. The Morgan fingerprint density at radius 2 is 2.47 bits per heavy atom. The fourth-order valence-corrected chi connectivity index (χ4v) is 2.04. The lowest BCUT2D eigenvalue weighted by Crippen LogP contribution is -1.99. The van der Waals surface area contributed by atoms with Crippen LogP contribution in [0.5, 0.6) is 5.75 Å². The average Bonchev–Trinajstić information content (AvgIpc) is 2.90. The number of hydrazone groups is 1. The third-order valence-corrected chi connectivity index (χ3v) is 3.16. The zero-order chi connectivity index (χ0) is 13.7. The van der Waals surface area contributed by atoms with Crippen molar-refractivity contribution in [3.05, 3.63) is 23.0 Å². The number of terminal acetylenes is 1. The zero-order valence-electron chi connectivity index (χ0n) is 9.69. The fraction of sp³-hybridized carbons (Fsp3) is 0.167. The number of halogens is 2. The van der Waals surface area contributed by atoms with E-state index in [4.69, 9.17) is 22.8 Å². The van der Waals surface area contributed by atoms with Crippen molar-refractivity contribution in [1.29, 1.82) is 0 Å². The van der Waals surface area contributed by atoms with Crippen molar-refractivity contribution in [3.8, 4) is 18.1 Å². The monoisotopic (exact) mass is 297 g/mol. The quantitative estimate of drug-likeness (QED) is 0.686. The van der Waals surface area contributed by atoms with Gasteiger partial charge in [-0.3, -0.25) is 5.43 Å². The van der Waals surface area contributed by atoms with E-state index < -0.39 is 5.82 Å². The second-order valence-corrected chi connectivity index (χ2v) is 4.78. The van der Waals surface area contributed by atoms with E-state index in [1.165, 1.54) is 17.8 Å². The van der Waals surface area contributed by atoms with Gasteiger partial charge in [-0.05, 0) is 6.07 Å². The largest absolute Gasteiger partial charge is 0.479 e. The van der Waals surface area contributed by atoms with Gasteiger partial charge in [-0.25, -0.2) is 9.38 Å². The van der Waals surface area contributed by atoms with Crippen LogP contribution in [0.2, 0.25) is 5.02 Å². The summed E-state index contributed by atoms with van der Waals surface area (Å²) < 4.78 is 18.9. The van der Waals surface area contributed by atoms with Gasteiger partial charge in [-0.1, -0.05) is 29.3 Å². The summed E-state index contributed by atoms with van der Waals surface area (Å²) in [5.41, 5.74) is 2.73. The molecule has 1 N–H and O–H groups in total. The Hall–Kier alpha value is -1.71. The molecule has 0 amide bonds. The number of nitrogens with zero attached hydrogens (tertiary/aromatic N) is 2. The van der Waals surface area contributed by atoms with Crippen molar-refractivity contribution in [2.24, 2.45) is 10.1 Å². The highest BCUT2D eigenvalue weighted by Crippen LogP contribution is 2.30. The van der Waals surface area contributed by atoms with E-state index in [1.54, 1.807) is 6.21 Å². The van der Waals surface area contributed by atoms with Gasteiger partial charge in [0, 0.05) is 18.0 Å². The first-order valence-electron chi connectivity index (χ1n) is 5.25. The van der Waals surface area contributed by atoms with Crippen molar-refractivity contribution in [3.63, 3.8) is 0 Å². The molecule has 0 aliphatic carbocycles. The van der Waals surface area contributed by atoms with Gasteiger partial charge in [0.25, 0.3) is 0 Å². The molecule has 1 aromatic carbocycles. The number of thioether (sulfide) groups is 1. The Bertz CT molecular complexity index is 583. The van der Waals surface area contributed by atoms with Crippen LogP contribution in [0.3, 0.4) is 0 Å². The standard InChI is InChI=1S/C12H9ClFN3OS/c1-2-4-18-11-7-10(9(14)6-8(11)13)16-17-12-15-3-5-19-12/h1,3,6-7,16H,4-5H2. The summed E-state index contributed by atoms with van der Waals surface area (Å²) in [5, 5.41) is 4.65. The molecule has 0 saturated heterocycles. The Balaban J connectivity index is 2.17. The minimum Gasteiger partial charge on any atom is -0.479 e. The summed E-state index contributed by atoms with van der Waals surface area (Å²) in [6.07, 6.45) is 6.81. The molecule has 1 heterocycles. The molecule has 4 nitrogen and oxygen atoms in total. The van der Waals surface area contributed by atoms with Crippen LogP contribution < -0.4 is 10.2 Å². The van der Waals surface area contributed by atoms with Crippen molar-refractivity contribution < 1.29 is 9.13 Å². The predicted molar refractivity (Wildman–Crippen MR) is 77.7 cm³/mol. The van der Waals surface area contributed by atoms with Gasteiger partial charge < -0.3 is 4.74 Å². The number of rotatable bonds is 4. The Morgan fingerprint density at radius 3 is 3.16 bits per heavy atom. The molecule has 98 valence electrons. The lowest BCUT2D eigenvalue weighted by molar-refractivity contribution is 0.370. The molecule has 0 atom stereocenters. The molecule has 0 saturated carbocycles. The number of aliphatic imine (C=N–C) groups is 1. The van der Waals surface area contributed by atoms with Crippen LogP contribution >= 0.6 is 23.4 Å². The molecule has 1 aliphatic heterocycles. The highest BCUT2D eigenvalue weighted by molar-refractivity contribution is 8.14. The van der Waals surface area contributed by atoms with Crippen LogP contribution in [-0.4, -0.2) is 23.7 Å². The van der Waals surface area contributed by atoms with Crippen molar-refractivity contribution in [2.75, 3.05) is 17.8 Å². The van der Waals surface area contributed by atoms with Crippen molar-refractivity contribution >= 4 is 40.4 Å². The third kappa shape index (κ3) is 3.63. The topological polar surface area (TPSA) is 46.0 Å². The number of ether oxygens (including phenoxy) is 1. The molecule has 19 heavy (non-hydrogen) atoms. The summed E-state index contributed by atoms with van der Waals surface area (Å²) >= 11 is 7.29. The summed E-state index contributed by atoms with van der Waals surface area (Å²) in [5.74, 6) is 2.84. The number of hydrogen-bond donors (Lipinski definition) is 1. The molecule has 0 fully saturated rings. The van der Waals surface area contributed by atoms with Gasteiger partial charge in [0.15, 0.2) is 0 Å². The first-order chi connectivity index (χ1) is 9.20.